The molecule has 1 aliphatic heterocycles. The number of carbonyl (C=O) groups is 1. The molecule has 1 aliphatic rings. The lowest BCUT2D eigenvalue weighted by Gasteiger charge is -2.28. The number of allylic oxidation sites excluding steroid dienone is 1. The highest BCUT2D eigenvalue weighted by molar-refractivity contribution is 6.06. The van der Waals surface area contributed by atoms with Crippen molar-refractivity contribution in [2.45, 2.75) is 19.9 Å². The van der Waals surface area contributed by atoms with Gasteiger partial charge in [0, 0.05) is 17.6 Å². The number of anilines is 2. The third-order valence-electron chi connectivity index (χ3n) is 4.40. The summed E-state index contributed by atoms with van der Waals surface area (Å²) in [6.07, 6.45) is 3.17. The molecule has 26 heavy (non-hydrogen) atoms. The number of aromatic nitrogens is 4. The molecule has 2 N–H and O–H groups in total. The largest absolute Gasteiger partial charge is 0.328 e. The van der Waals surface area contributed by atoms with Gasteiger partial charge in [-0.1, -0.05) is 24.3 Å². The van der Waals surface area contributed by atoms with Crippen molar-refractivity contribution in [2.24, 2.45) is 0 Å². The number of para-hydroxylation sites is 1. The summed E-state index contributed by atoms with van der Waals surface area (Å²) in [6, 6.07) is 12.9. The van der Waals surface area contributed by atoms with Gasteiger partial charge in [0.1, 0.15) is 12.4 Å². The van der Waals surface area contributed by atoms with Gasteiger partial charge in [0.05, 0.1) is 11.3 Å². The lowest BCUT2D eigenvalue weighted by Crippen LogP contribution is -2.32. The topological polar surface area (TPSA) is 84.7 Å². The molecule has 130 valence electrons. The van der Waals surface area contributed by atoms with Gasteiger partial charge in [-0.05, 0) is 37.6 Å². The van der Waals surface area contributed by atoms with Crippen LogP contribution < -0.4 is 10.6 Å². The monoisotopic (exact) mass is 346 g/mol. The smallest absolute Gasteiger partial charge is 0.255 e. The van der Waals surface area contributed by atoms with Crippen molar-refractivity contribution in [1.29, 1.82) is 0 Å². The summed E-state index contributed by atoms with van der Waals surface area (Å²) in [5.41, 5.74) is 3.80. The maximum Gasteiger partial charge on any atom is 0.255 e. The molecule has 0 saturated heterocycles. The van der Waals surface area contributed by atoms with E-state index >= 15 is 0 Å². The molecular weight excluding hydrogens is 328 g/mol. The first kappa shape index (κ1) is 16.0. The van der Waals surface area contributed by atoms with E-state index in [1.807, 2.05) is 56.3 Å². The van der Waals surface area contributed by atoms with E-state index in [2.05, 4.69) is 25.7 Å². The van der Waals surface area contributed by atoms with E-state index in [-0.39, 0.29) is 5.91 Å². The molecule has 0 bridgehead atoms. The molecule has 3 heterocycles. The summed E-state index contributed by atoms with van der Waals surface area (Å²) in [5.74, 6) is 0.395. The molecule has 3 aromatic rings. The lowest BCUT2D eigenvalue weighted by molar-refractivity contribution is -0.113. The number of hydrogen-bond acceptors (Lipinski definition) is 5. The minimum atomic E-state index is -0.445. The van der Waals surface area contributed by atoms with Gasteiger partial charge in [-0.15, -0.1) is 0 Å². The molecule has 0 fully saturated rings. The number of aryl methyl sites for hydroxylation is 1. The molecule has 0 spiro atoms. The number of nitrogens with one attached hydrogen (secondary N) is 2. The Labute approximate surface area is 150 Å². The molecule has 1 aromatic carbocycles. The van der Waals surface area contributed by atoms with Crippen molar-refractivity contribution in [3.05, 3.63) is 77.5 Å². The van der Waals surface area contributed by atoms with Gasteiger partial charge in [-0.25, -0.2) is 4.68 Å². The molecule has 0 radical (unpaired) electrons. The summed E-state index contributed by atoms with van der Waals surface area (Å²) in [6.45, 7) is 3.82. The second-order valence-corrected chi connectivity index (χ2v) is 6.12. The van der Waals surface area contributed by atoms with Gasteiger partial charge < -0.3 is 10.6 Å². The van der Waals surface area contributed by atoms with Crippen LogP contribution in [0.1, 0.15) is 24.2 Å². The molecule has 7 heteroatoms. The van der Waals surface area contributed by atoms with Crippen LogP contribution in [0.25, 0.3) is 0 Å². The summed E-state index contributed by atoms with van der Waals surface area (Å²) in [5, 5.41) is 10.5. The number of pyridine rings is 1. The number of hydrogen-bond donors (Lipinski definition) is 2. The second kappa shape index (κ2) is 6.44. The zero-order valence-corrected chi connectivity index (χ0v) is 14.5. The number of fused-ring (bicyclic) bond motifs is 1. The molecule has 4 rings (SSSR count). The van der Waals surface area contributed by atoms with Crippen molar-refractivity contribution in [3.63, 3.8) is 0 Å². The Morgan fingerprint density at radius 1 is 1.12 bits per heavy atom. The Morgan fingerprint density at radius 2 is 1.92 bits per heavy atom. The second-order valence-electron chi connectivity index (χ2n) is 6.12. The van der Waals surface area contributed by atoms with Crippen LogP contribution in [0.2, 0.25) is 0 Å². The fourth-order valence-corrected chi connectivity index (χ4v) is 3.10. The number of nitrogens with zero attached hydrogens (tertiary/aromatic N) is 4. The number of benzene rings is 1. The van der Waals surface area contributed by atoms with Gasteiger partial charge in [-0.3, -0.25) is 9.78 Å². The highest BCUT2D eigenvalue weighted by Crippen LogP contribution is 2.34. The quantitative estimate of drug-likeness (QED) is 0.762. The van der Waals surface area contributed by atoms with Gasteiger partial charge in [-0.2, -0.15) is 10.1 Å². The Bertz CT molecular complexity index is 992. The van der Waals surface area contributed by atoms with Gasteiger partial charge in [0.25, 0.3) is 5.91 Å². The van der Waals surface area contributed by atoms with Crippen molar-refractivity contribution >= 4 is 17.5 Å². The van der Waals surface area contributed by atoms with Crippen molar-refractivity contribution in [1.82, 2.24) is 19.7 Å². The average Bonchev–Trinajstić information content (AvgIpc) is 3.11. The average molecular weight is 346 g/mol. The molecule has 1 amide bonds. The minimum absolute atomic E-state index is 0.193. The summed E-state index contributed by atoms with van der Waals surface area (Å²) in [7, 11) is 0. The molecule has 2 aromatic heterocycles. The number of amides is 1. The van der Waals surface area contributed by atoms with Crippen LogP contribution in [0.3, 0.4) is 0 Å². The van der Waals surface area contributed by atoms with Gasteiger partial charge in [0.15, 0.2) is 0 Å². The Hall–Kier alpha value is -3.48. The molecule has 0 unspecified atom stereocenters. The normalized spacial score (nSPS) is 16.0. The van der Waals surface area contributed by atoms with Crippen LogP contribution in [-0.4, -0.2) is 25.7 Å². The lowest BCUT2D eigenvalue weighted by atomic mass is 9.98. The molecule has 7 nitrogen and oxygen atoms in total. The van der Waals surface area contributed by atoms with Crippen LogP contribution in [0.5, 0.6) is 0 Å². The predicted octanol–water partition coefficient (Wildman–Crippen LogP) is 2.91. The van der Waals surface area contributed by atoms with E-state index in [0.717, 1.165) is 22.6 Å². The Morgan fingerprint density at radius 3 is 2.69 bits per heavy atom. The van der Waals surface area contributed by atoms with Crippen molar-refractivity contribution in [3.8, 4) is 0 Å². The Kier molecular flexibility index (Phi) is 3.96. The van der Waals surface area contributed by atoms with E-state index in [1.54, 1.807) is 10.9 Å². The molecule has 0 saturated carbocycles. The van der Waals surface area contributed by atoms with Gasteiger partial charge >= 0.3 is 0 Å². The standard InChI is InChI=1S/C19H18N6O/c1-12-7-3-4-8-14(12)24-18(26)16-13(2)23-19-21-11-22-25(19)17(16)15-9-5-6-10-20-15/h3-11,17H,1-2H3,(H,24,26)(H,21,22,23)/t17-/m1/s1. The fraction of sp³-hybridized carbons (Fsp3) is 0.158. The third kappa shape index (κ3) is 2.73. The van der Waals surface area contributed by atoms with Crippen molar-refractivity contribution < 1.29 is 4.79 Å². The molecular formula is C19H18N6O. The van der Waals surface area contributed by atoms with E-state index in [9.17, 15) is 4.79 Å². The van der Waals surface area contributed by atoms with Crippen LogP contribution in [0.4, 0.5) is 11.6 Å². The summed E-state index contributed by atoms with van der Waals surface area (Å²) < 4.78 is 1.68. The maximum atomic E-state index is 13.1. The summed E-state index contributed by atoms with van der Waals surface area (Å²) in [4.78, 5) is 21.8. The Balaban J connectivity index is 1.77. The van der Waals surface area contributed by atoms with Crippen LogP contribution >= 0.6 is 0 Å². The van der Waals surface area contributed by atoms with E-state index < -0.39 is 6.04 Å². The zero-order valence-electron chi connectivity index (χ0n) is 14.5. The van der Waals surface area contributed by atoms with E-state index in [4.69, 9.17) is 0 Å². The van der Waals surface area contributed by atoms with Crippen molar-refractivity contribution in [2.75, 3.05) is 10.6 Å². The zero-order chi connectivity index (χ0) is 18.1. The van der Waals surface area contributed by atoms with Crippen LogP contribution in [-0.2, 0) is 4.79 Å². The SMILES string of the molecule is CC1=C(C(=O)Nc2ccccc2C)[C@@H](c2ccccn2)n2ncnc2N1. The highest BCUT2D eigenvalue weighted by Gasteiger charge is 2.34. The molecule has 1 atom stereocenters. The van der Waals surface area contributed by atoms with Crippen LogP contribution in [0, 0.1) is 6.92 Å². The van der Waals surface area contributed by atoms with Gasteiger partial charge in [0.2, 0.25) is 5.95 Å². The molecule has 0 aliphatic carbocycles. The van der Waals surface area contributed by atoms with E-state index in [1.165, 1.54) is 6.33 Å². The third-order valence-corrected chi connectivity index (χ3v) is 4.40. The first-order valence-electron chi connectivity index (χ1n) is 8.30. The maximum absolute atomic E-state index is 13.1. The van der Waals surface area contributed by atoms with E-state index in [0.29, 0.717) is 11.5 Å². The van der Waals surface area contributed by atoms with Crippen LogP contribution in [0.15, 0.2) is 66.3 Å². The number of rotatable bonds is 3. The predicted molar refractivity (Wildman–Crippen MR) is 98.5 cm³/mol. The first-order valence-corrected chi connectivity index (χ1v) is 8.30. The highest BCUT2D eigenvalue weighted by atomic mass is 16.1. The first-order chi connectivity index (χ1) is 12.6. The summed E-state index contributed by atoms with van der Waals surface area (Å²) >= 11 is 0. The minimum Gasteiger partial charge on any atom is -0.328 e. The number of carbonyl (C=O) groups excluding carboxylic acids is 1. The fourth-order valence-electron chi connectivity index (χ4n) is 3.10.